The molecule has 2 aromatic carbocycles. The van der Waals surface area contributed by atoms with E-state index in [1.807, 2.05) is 30.3 Å². The maximum atomic E-state index is 5.79. The van der Waals surface area contributed by atoms with Crippen molar-refractivity contribution in [2.45, 2.75) is 13.3 Å². The van der Waals surface area contributed by atoms with Gasteiger partial charge < -0.3 is 4.42 Å². The molecule has 1 heterocycles. The minimum atomic E-state index is 0.658. The van der Waals surface area contributed by atoms with Crippen molar-refractivity contribution in [2.75, 3.05) is 0 Å². The predicted molar refractivity (Wildman–Crippen MR) is 76.5 cm³/mol. The van der Waals surface area contributed by atoms with Crippen LogP contribution < -0.4 is 0 Å². The zero-order valence-electron chi connectivity index (χ0n) is 9.98. The molecule has 0 aliphatic heterocycles. The van der Waals surface area contributed by atoms with Gasteiger partial charge in [0.1, 0.15) is 5.52 Å². The first-order valence-electron chi connectivity index (χ1n) is 5.92. The number of nitrogens with zero attached hydrogens (tertiary/aromatic N) is 1. The summed E-state index contributed by atoms with van der Waals surface area (Å²) in [4.78, 5) is 4.56. The van der Waals surface area contributed by atoms with Gasteiger partial charge in [0.05, 0.1) is 5.56 Å². The summed E-state index contributed by atoms with van der Waals surface area (Å²) in [5.41, 5.74) is 4.00. The van der Waals surface area contributed by atoms with Gasteiger partial charge in [0.2, 0.25) is 5.89 Å². The van der Waals surface area contributed by atoms with E-state index in [1.165, 1.54) is 5.56 Å². The first-order valence-corrected chi connectivity index (χ1v) is 6.71. The Balaban J connectivity index is 2.17. The highest BCUT2D eigenvalue weighted by Gasteiger charge is 2.10. The third kappa shape index (κ3) is 1.95. The zero-order valence-corrected chi connectivity index (χ0v) is 11.6. The van der Waals surface area contributed by atoms with Crippen LogP contribution in [-0.4, -0.2) is 4.98 Å². The molecule has 3 rings (SSSR count). The molecule has 0 fully saturated rings. The van der Waals surface area contributed by atoms with Crippen LogP contribution in [-0.2, 0) is 6.42 Å². The Kier molecular flexibility index (Phi) is 2.92. The van der Waals surface area contributed by atoms with E-state index >= 15 is 0 Å². The summed E-state index contributed by atoms with van der Waals surface area (Å²) in [5.74, 6) is 0.658. The molecule has 0 spiro atoms. The van der Waals surface area contributed by atoms with E-state index < -0.39 is 0 Å². The molecule has 0 saturated heterocycles. The number of fused-ring (bicyclic) bond motifs is 1. The lowest BCUT2D eigenvalue weighted by atomic mass is 10.1. The average molecular weight is 302 g/mol. The maximum absolute atomic E-state index is 5.79. The van der Waals surface area contributed by atoms with Gasteiger partial charge in [0, 0.05) is 4.47 Å². The second kappa shape index (κ2) is 4.58. The zero-order chi connectivity index (χ0) is 12.5. The van der Waals surface area contributed by atoms with Gasteiger partial charge >= 0.3 is 0 Å². The van der Waals surface area contributed by atoms with E-state index in [2.05, 4.69) is 40.0 Å². The van der Waals surface area contributed by atoms with Gasteiger partial charge in [-0.3, -0.25) is 0 Å². The molecule has 0 atom stereocenters. The fourth-order valence-corrected chi connectivity index (χ4v) is 2.40. The van der Waals surface area contributed by atoms with E-state index in [9.17, 15) is 0 Å². The Morgan fingerprint density at radius 1 is 1.17 bits per heavy atom. The molecule has 1 aromatic heterocycles. The molecule has 18 heavy (non-hydrogen) atoms. The van der Waals surface area contributed by atoms with Crippen LogP contribution in [0.1, 0.15) is 12.5 Å². The molecular formula is C15H12BrNO. The van der Waals surface area contributed by atoms with Crippen molar-refractivity contribution in [3.63, 3.8) is 0 Å². The number of hydrogen-bond donors (Lipinski definition) is 0. The SMILES string of the molecule is CCc1ccc2oc(-c3ccccc3Br)nc2c1. The molecule has 0 aliphatic carbocycles. The lowest BCUT2D eigenvalue weighted by Gasteiger charge is -1.97. The lowest BCUT2D eigenvalue weighted by Crippen LogP contribution is -1.79. The Morgan fingerprint density at radius 3 is 2.78 bits per heavy atom. The van der Waals surface area contributed by atoms with Crippen molar-refractivity contribution in [1.82, 2.24) is 4.98 Å². The van der Waals surface area contributed by atoms with Gasteiger partial charge in [-0.2, -0.15) is 0 Å². The van der Waals surface area contributed by atoms with E-state index in [0.29, 0.717) is 5.89 Å². The van der Waals surface area contributed by atoms with Crippen molar-refractivity contribution >= 4 is 27.0 Å². The first kappa shape index (κ1) is 11.5. The Labute approximate surface area is 114 Å². The van der Waals surface area contributed by atoms with Crippen LogP contribution in [0.15, 0.2) is 51.4 Å². The van der Waals surface area contributed by atoms with Gasteiger partial charge in [-0.25, -0.2) is 4.98 Å². The monoisotopic (exact) mass is 301 g/mol. The minimum Gasteiger partial charge on any atom is -0.436 e. The van der Waals surface area contributed by atoms with Crippen LogP contribution in [0.4, 0.5) is 0 Å². The van der Waals surface area contributed by atoms with Gasteiger partial charge in [-0.05, 0) is 52.2 Å². The van der Waals surface area contributed by atoms with Crippen LogP contribution >= 0.6 is 15.9 Å². The molecular weight excluding hydrogens is 290 g/mol. The summed E-state index contributed by atoms with van der Waals surface area (Å²) < 4.78 is 6.79. The summed E-state index contributed by atoms with van der Waals surface area (Å²) >= 11 is 3.52. The minimum absolute atomic E-state index is 0.658. The topological polar surface area (TPSA) is 26.0 Å². The van der Waals surface area contributed by atoms with E-state index in [1.54, 1.807) is 0 Å². The molecule has 0 unspecified atom stereocenters. The van der Waals surface area contributed by atoms with E-state index in [-0.39, 0.29) is 0 Å². The lowest BCUT2D eigenvalue weighted by molar-refractivity contribution is 0.619. The smallest absolute Gasteiger partial charge is 0.228 e. The Hall–Kier alpha value is -1.61. The number of hydrogen-bond acceptors (Lipinski definition) is 2. The third-order valence-electron chi connectivity index (χ3n) is 2.96. The summed E-state index contributed by atoms with van der Waals surface area (Å²) in [6, 6.07) is 14.1. The number of aromatic nitrogens is 1. The fraction of sp³-hybridized carbons (Fsp3) is 0.133. The highest BCUT2D eigenvalue weighted by atomic mass is 79.9. The summed E-state index contributed by atoms with van der Waals surface area (Å²) in [5, 5.41) is 0. The van der Waals surface area contributed by atoms with Crippen molar-refractivity contribution in [3.05, 3.63) is 52.5 Å². The molecule has 0 N–H and O–H groups in total. The maximum Gasteiger partial charge on any atom is 0.228 e. The quantitative estimate of drug-likeness (QED) is 0.678. The molecule has 3 aromatic rings. The van der Waals surface area contributed by atoms with E-state index in [0.717, 1.165) is 27.6 Å². The second-order valence-electron chi connectivity index (χ2n) is 4.15. The highest BCUT2D eigenvalue weighted by molar-refractivity contribution is 9.10. The third-order valence-corrected chi connectivity index (χ3v) is 3.66. The summed E-state index contributed by atoms with van der Waals surface area (Å²) in [7, 11) is 0. The Morgan fingerprint density at radius 2 is 2.00 bits per heavy atom. The molecule has 2 nitrogen and oxygen atoms in total. The van der Waals surface area contributed by atoms with Gasteiger partial charge in [-0.1, -0.05) is 25.1 Å². The van der Waals surface area contributed by atoms with Gasteiger partial charge in [0.15, 0.2) is 5.58 Å². The second-order valence-corrected chi connectivity index (χ2v) is 5.01. The molecule has 3 heteroatoms. The Bertz CT molecular complexity index is 703. The number of oxazole rings is 1. The molecule has 0 aliphatic rings. The molecule has 0 amide bonds. The van der Waals surface area contributed by atoms with E-state index in [4.69, 9.17) is 4.42 Å². The van der Waals surface area contributed by atoms with Gasteiger partial charge in [0.25, 0.3) is 0 Å². The molecule has 0 radical (unpaired) electrons. The number of benzene rings is 2. The summed E-state index contributed by atoms with van der Waals surface area (Å²) in [6.07, 6.45) is 1.01. The van der Waals surface area contributed by atoms with Crippen molar-refractivity contribution in [1.29, 1.82) is 0 Å². The summed E-state index contributed by atoms with van der Waals surface area (Å²) in [6.45, 7) is 2.13. The van der Waals surface area contributed by atoms with Crippen LogP contribution in [0.5, 0.6) is 0 Å². The number of aryl methyl sites for hydroxylation is 1. The van der Waals surface area contributed by atoms with Crippen LogP contribution in [0.3, 0.4) is 0 Å². The molecule has 0 saturated carbocycles. The average Bonchev–Trinajstić information content (AvgIpc) is 2.81. The van der Waals surface area contributed by atoms with Crippen molar-refractivity contribution < 1.29 is 4.42 Å². The predicted octanol–water partition coefficient (Wildman–Crippen LogP) is 4.82. The largest absolute Gasteiger partial charge is 0.436 e. The van der Waals surface area contributed by atoms with Crippen molar-refractivity contribution in [2.24, 2.45) is 0 Å². The highest BCUT2D eigenvalue weighted by Crippen LogP contribution is 2.30. The normalized spacial score (nSPS) is 11.0. The van der Waals surface area contributed by atoms with Crippen molar-refractivity contribution in [3.8, 4) is 11.5 Å². The first-order chi connectivity index (χ1) is 8.78. The van der Waals surface area contributed by atoms with Gasteiger partial charge in [-0.15, -0.1) is 0 Å². The van der Waals surface area contributed by atoms with Crippen LogP contribution in [0.2, 0.25) is 0 Å². The number of rotatable bonds is 2. The molecule has 90 valence electrons. The molecule has 0 bridgehead atoms. The van der Waals surface area contributed by atoms with Crippen LogP contribution in [0, 0.1) is 0 Å². The standard InChI is InChI=1S/C15H12BrNO/c1-2-10-7-8-14-13(9-10)17-15(18-14)11-5-3-4-6-12(11)16/h3-9H,2H2,1H3. The fourth-order valence-electron chi connectivity index (χ4n) is 1.94. The van der Waals surface area contributed by atoms with Crippen LogP contribution in [0.25, 0.3) is 22.6 Å². The number of halogens is 1.